The maximum atomic E-state index is 12.2. The summed E-state index contributed by atoms with van der Waals surface area (Å²) >= 11 is 0. The molecule has 0 saturated carbocycles. The van der Waals surface area contributed by atoms with Crippen LogP contribution < -0.4 is 16.2 Å². The quantitative estimate of drug-likeness (QED) is 0.664. The molecule has 1 rings (SSSR count). The van der Waals surface area contributed by atoms with Gasteiger partial charge in [0.2, 0.25) is 15.9 Å². The zero-order chi connectivity index (χ0) is 16.2. The Balaban J connectivity index is 2.98. The molecule has 0 bridgehead atoms. The van der Waals surface area contributed by atoms with Gasteiger partial charge < -0.3 is 16.0 Å². The van der Waals surface area contributed by atoms with E-state index in [2.05, 4.69) is 5.32 Å². The van der Waals surface area contributed by atoms with E-state index in [9.17, 15) is 13.2 Å². The average Bonchev–Trinajstić information content (AvgIpc) is 2.38. The lowest BCUT2D eigenvalue weighted by Gasteiger charge is -2.24. The van der Waals surface area contributed by atoms with Crippen molar-refractivity contribution < 1.29 is 13.2 Å². The summed E-state index contributed by atoms with van der Waals surface area (Å²) in [6.07, 6.45) is 0. The van der Waals surface area contributed by atoms with Gasteiger partial charge in [0, 0.05) is 24.5 Å². The number of nitrogens with one attached hydrogen (secondary N) is 1. The number of carbonyl (C=O) groups is 1. The summed E-state index contributed by atoms with van der Waals surface area (Å²) in [5, 5.41) is 8.04. The number of hydrogen-bond acceptors (Lipinski definition) is 5. The molecule has 7 nitrogen and oxygen atoms in total. The maximum Gasteiger partial charge on any atom is 0.244 e. The molecule has 1 amide bonds. The van der Waals surface area contributed by atoms with Crippen molar-refractivity contribution in [1.82, 2.24) is 4.90 Å². The van der Waals surface area contributed by atoms with Gasteiger partial charge in [0.05, 0.1) is 4.90 Å². The van der Waals surface area contributed by atoms with E-state index in [1.165, 1.54) is 12.1 Å². The van der Waals surface area contributed by atoms with Gasteiger partial charge in [0.15, 0.2) is 0 Å². The molecule has 8 heteroatoms. The average molecular weight is 314 g/mol. The Bertz CT molecular complexity index is 612. The first-order valence-electron chi connectivity index (χ1n) is 6.67. The number of rotatable bonds is 6. The molecule has 0 fully saturated rings. The number of primary sulfonamides is 1. The van der Waals surface area contributed by atoms with Gasteiger partial charge in [-0.15, -0.1) is 0 Å². The lowest BCUT2D eigenvalue weighted by atomic mass is 10.2. The number of amides is 1. The molecule has 0 aliphatic heterocycles. The third-order valence-corrected chi connectivity index (χ3v) is 3.98. The summed E-state index contributed by atoms with van der Waals surface area (Å²) in [4.78, 5) is 13.8. The van der Waals surface area contributed by atoms with Crippen molar-refractivity contribution in [2.75, 3.05) is 24.1 Å². The molecule has 0 aliphatic carbocycles. The van der Waals surface area contributed by atoms with E-state index in [4.69, 9.17) is 10.9 Å². The van der Waals surface area contributed by atoms with E-state index in [0.717, 1.165) is 0 Å². The van der Waals surface area contributed by atoms with Gasteiger partial charge in [-0.05, 0) is 39.0 Å². The van der Waals surface area contributed by atoms with Gasteiger partial charge >= 0.3 is 0 Å². The normalized spacial score (nSPS) is 12.8. The third-order valence-electron chi connectivity index (χ3n) is 3.09. The number of sulfonamides is 1. The maximum absolute atomic E-state index is 12.2. The fourth-order valence-electron chi connectivity index (χ4n) is 1.99. The summed E-state index contributed by atoms with van der Waals surface area (Å²) in [6.45, 7) is 6.73. The molecule has 5 N–H and O–H groups in total. The molecule has 0 heterocycles. The van der Waals surface area contributed by atoms with Crippen molar-refractivity contribution in [3.8, 4) is 0 Å². The highest BCUT2D eigenvalue weighted by Gasteiger charge is 2.19. The van der Waals surface area contributed by atoms with Crippen LogP contribution in [0.25, 0.3) is 0 Å². The summed E-state index contributed by atoms with van der Waals surface area (Å²) in [7, 11) is -3.84. The molecular formula is C13H22N4O3S. The van der Waals surface area contributed by atoms with Crippen molar-refractivity contribution in [2.45, 2.75) is 31.7 Å². The van der Waals surface area contributed by atoms with Crippen molar-refractivity contribution in [1.29, 1.82) is 0 Å². The Hall–Kier alpha value is -1.80. The highest BCUT2D eigenvalue weighted by Crippen LogP contribution is 2.20. The lowest BCUT2D eigenvalue weighted by molar-refractivity contribution is -0.131. The number of benzene rings is 1. The molecular weight excluding hydrogens is 292 g/mol. The largest absolute Gasteiger partial charge is 0.399 e. The van der Waals surface area contributed by atoms with Crippen LogP contribution in [-0.4, -0.2) is 38.4 Å². The van der Waals surface area contributed by atoms with Gasteiger partial charge in [0.1, 0.15) is 6.04 Å². The van der Waals surface area contributed by atoms with Gasteiger partial charge in [0.25, 0.3) is 0 Å². The van der Waals surface area contributed by atoms with E-state index in [0.29, 0.717) is 18.8 Å². The first kappa shape index (κ1) is 17.3. The second kappa shape index (κ2) is 6.77. The van der Waals surface area contributed by atoms with Gasteiger partial charge in [-0.2, -0.15) is 0 Å². The predicted octanol–water partition coefficient (Wildman–Crippen LogP) is 0.585. The second-order valence-corrected chi connectivity index (χ2v) is 6.27. The van der Waals surface area contributed by atoms with E-state index < -0.39 is 16.1 Å². The molecule has 1 unspecified atom stereocenters. The molecule has 21 heavy (non-hydrogen) atoms. The topological polar surface area (TPSA) is 119 Å². The minimum atomic E-state index is -3.84. The lowest BCUT2D eigenvalue weighted by Crippen LogP contribution is -2.41. The first-order valence-corrected chi connectivity index (χ1v) is 8.22. The van der Waals surface area contributed by atoms with Crippen molar-refractivity contribution in [3.05, 3.63) is 18.2 Å². The number of likely N-dealkylation sites (N-methyl/N-ethyl adjacent to an activating group) is 1. The molecule has 0 saturated heterocycles. The smallest absolute Gasteiger partial charge is 0.244 e. The zero-order valence-corrected chi connectivity index (χ0v) is 13.3. The van der Waals surface area contributed by atoms with Gasteiger partial charge in [-0.1, -0.05) is 0 Å². The number of hydrogen-bond donors (Lipinski definition) is 3. The summed E-state index contributed by atoms with van der Waals surface area (Å²) in [6, 6.07) is 3.69. The Labute approximate surface area is 125 Å². The summed E-state index contributed by atoms with van der Waals surface area (Å²) in [5.74, 6) is -0.0698. The van der Waals surface area contributed by atoms with E-state index >= 15 is 0 Å². The predicted molar refractivity (Wildman–Crippen MR) is 83.2 cm³/mol. The fourth-order valence-corrected chi connectivity index (χ4v) is 2.58. The molecule has 0 spiro atoms. The Morgan fingerprint density at radius 1 is 1.29 bits per heavy atom. The van der Waals surface area contributed by atoms with Crippen LogP contribution in [0.2, 0.25) is 0 Å². The highest BCUT2D eigenvalue weighted by atomic mass is 32.2. The SMILES string of the molecule is CCN(CC)C(=O)C(C)Nc1cc(N)cc(S(N)(=O)=O)c1. The number of nitrogen functional groups attached to an aromatic ring is 1. The molecule has 1 aromatic rings. The van der Waals surface area contributed by atoms with Crippen LogP contribution in [0.5, 0.6) is 0 Å². The third kappa shape index (κ3) is 4.61. The highest BCUT2D eigenvalue weighted by molar-refractivity contribution is 7.89. The molecule has 118 valence electrons. The number of nitrogens with two attached hydrogens (primary N) is 2. The van der Waals surface area contributed by atoms with E-state index in [1.54, 1.807) is 17.9 Å². The van der Waals surface area contributed by atoms with Gasteiger partial charge in [-0.3, -0.25) is 4.79 Å². The van der Waals surface area contributed by atoms with Crippen molar-refractivity contribution in [2.24, 2.45) is 5.14 Å². The Morgan fingerprint density at radius 3 is 2.33 bits per heavy atom. The first-order chi connectivity index (χ1) is 9.68. The monoisotopic (exact) mass is 314 g/mol. The Morgan fingerprint density at radius 2 is 1.86 bits per heavy atom. The number of carbonyl (C=O) groups excluding carboxylic acids is 1. The minimum Gasteiger partial charge on any atom is -0.399 e. The molecule has 0 aliphatic rings. The molecule has 1 atom stereocenters. The van der Waals surface area contributed by atoms with Crippen LogP contribution in [0.15, 0.2) is 23.1 Å². The van der Waals surface area contributed by atoms with Crippen molar-refractivity contribution >= 4 is 27.3 Å². The zero-order valence-electron chi connectivity index (χ0n) is 12.5. The van der Waals surface area contributed by atoms with E-state index in [1.807, 2.05) is 13.8 Å². The number of nitrogens with zero attached hydrogens (tertiary/aromatic N) is 1. The number of anilines is 2. The molecule has 0 radical (unpaired) electrons. The standard InChI is InChI=1S/C13H22N4O3S/c1-4-17(5-2)13(18)9(3)16-11-6-10(14)7-12(8-11)21(15,19)20/h6-9,16H,4-5,14H2,1-3H3,(H2,15,19,20). The van der Waals surface area contributed by atoms with Crippen LogP contribution >= 0.6 is 0 Å². The van der Waals surface area contributed by atoms with E-state index in [-0.39, 0.29) is 16.5 Å². The molecule has 1 aromatic carbocycles. The van der Waals surface area contributed by atoms with Crippen LogP contribution in [0.4, 0.5) is 11.4 Å². The summed E-state index contributed by atoms with van der Waals surface area (Å²) in [5.41, 5.74) is 6.36. The van der Waals surface area contributed by atoms with Crippen LogP contribution in [-0.2, 0) is 14.8 Å². The van der Waals surface area contributed by atoms with Gasteiger partial charge in [-0.25, -0.2) is 13.6 Å². The fraction of sp³-hybridized carbons (Fsp3) is 0.462. The Kier molecular flexibility index (Phi) is 5.56. The minimum absolute atomic E-state index is 0.0698. The van der Waals surface area contributed by atoms with Crippen LogP contribution in [0.1, 0.15) is 20.8 Å². The second-order valence-electron chi connectivity index (χ2n) is 4.71. The van der Waals surface area contributed by atoms with Crippen molar-refractivity contribution in [3.63, 3.8) is 0 Å². The molecule has 0 aromatic heterocycles. The van der Waals surface area contributed by atoms with Crippen LogP contribution in [0.3, 0.4) is 0 Å². The van der Waals surface area contributed by atoms with Crippen LogP contribution in [0, 0.1) is 0 Å². The summed E-state index contributed by atoms with van der Waals surface area (Å²) < 4.78 is 22.8.